The van der Waals surface area contributed by atoms with Gasteiger partial charge in [0.1, 0.15) is 11.2 Å². The normalized spacial score (nSPS) is 12.1. The average molecular weight is 1380 g/mol. The molecular weight excluding hydrogens is 1320 g/mol. The molecule has 0 saturated heterocycles. The molecule has 7 heteroatoms. The maximum Gasteiger partial charge on any atom is 0.160 e. The zero-order chi connectivity index (χ0) is 67.5. The van der Waals surface area contributed by atoms with E-state index in [-0.39, 0.29) is 0 Å². The molecule has 24 aromatic rings. The van der Waals surface area contributed by atoms with Gasteiger partial charge in [-0.3, -0.25) is 0 Å². The number of hydrogen-bond donors (Lipinski definition) is 1. The van der Waals surface area contributed by atoms with Gasteiger partial charge in [-0.15, -0.1) is 0 Å². The van der Waals surface area contributed by atoms with Crippen molar-refractivity contribution in [3.05, 3.63) is 344 Å². The van der Waals surface area contributed by atoms with E-state index in [1.807, 2.05) is 6.07 Å². The number of furan rings is 2. The van der Waals surface area contributed by atoms with E-state index in [1.165, 1.54) is 130 Å². The molecule has 0 radical (unpaired) electrons. The SMILES string of the molecule is Brc1ccc2c3ccccc3c3ccccc3c2c1.c1ccc(-n2c3ccccc3c3c2c2oc4ccccc4c2c2c4ccccc4n(-c4ccc5c6ccccc6c6ccccc6c5c4)c23)cc1.c1ccc(-n2c3ccccc3c3c4[nH]c5ccccc5c4c4c5ccccc5oc4c32)cc1. The second kappa shape index (κ2) is 22.4. The van der Waals surface area contributed by atoms with E-state index in [2.05, 4.69) is 368 Å². The van der Waals surface area contributed by atoms with Gasteiger partial charge in [-0.25, -0.2) is 0 Å². The molecule has 0 aliphatic carbocycles. The highest BCUT2D eigenvalue weighted by Gasteiger charge is 2.29. The summed E-state index contributed by atoms with van der Waals surface area (Å²) < 4.78 is 22.0. The van der Waals surface area contributed by atoms with Crippen LogP contribution < -0.4 is 0 Å². The summed E-state index contributed by atoms with van der Waals surface area (Å²) >= 11 is 3.58. The Labute approximate surface area is 596 Å². The number of halogens is 1. The van der Waals surface area contributed by atoms with Crippen molar-refractivity contribution in [3.63, 3.8) is 0 Å². The number of para-hydroxylation sites is 8. The molecule has 0 fully saturated rings. The van der Waals surface area contributed by atoms with E-state index < -0.39 is 0 Å². The summed E-state index contributed by atoms with van der Waals surface area (Å²) in [5.41, 5.74) is 16.2. The minimum atomic E-state index is 0.895. The molecule has 0 bridgehead atoms. The van der Waals surface area contributed by atoms with Gasteiger partial charge in [-0.05, 0) is 150 Å². The first-order valence-electron chi connectivity index (χ1n) is 35.1. The first-order valence-corrected chi connectivity index (χ1v) is 35.9. The lowest BCUT2D eigenvalue weighted by atomic mass is 9.94. The van der Waals surface area contributed by atoms with Crippen LogP contribution in [0, 0.1) is 0 Å². The van der Waals surface area contributed by atoms with E-state index >= 15 is 0 Å². The predicted octanol–water partition coefficient (Wildman–Crippen LogP) is 27.5. The summed E-state index contributed by atoms with van der Waals surface area (Å²) in [6, 6.07) is 122. The molecule has 24 rings (SSSR count). The largest absolute Gasteiger partial charge is 0.454 e. The van der Waals surface area contributed by atoms with E-state index in [0.29, 0.717) is 0 Å². The molecule has 0 spiro atoms. The fourth-order valence-corrected chi connectivity index (χ4v) is 17.9. The summed E-state index contributed by atoms with van der Waals surface area (Å²) in [5, 5.41) is 29.8. The number of fused-ring (bicyclic) bond motifs is 36. The van der Waals surface area contributed by atoms with Crippen molar-refractivity contribution in [1.82, 2.24) is 18.7 Å². The summed E-state index contributed by atoms with van der Waals surface area (Å²) in [6.45, 7) is 0. The van der Waals surface area contributed by atoms with E-state index in [9.17, 15) is 0 Å². The molecule has 0 atom stereocenters. The smallest absolute Gasteiger partial charge is 0.160 e. The zero-order valence-corrected chi connectivity index (χ0v) is 57.0. The van der Waals surface area contributed by atoms with Crippen molar-refractivity contribution < 1.29 is 8.83 Å². The molecule has 103 heavy (non-hydrogen) atoms. The molecule has 0 aliphatic heterocycles. The maximum atomic E-state index is 6.95. The van der Waals surface area contributed by atoms with Crippen LogP contribution >= 0.6 is 15.9 Å². The van der Waals surface area contributed by atoms with Crippen molar-refractivity contribution in [3.8, 4) is 17.1 Å². The minimum absolute atomic E-state index is 0.895. The van der Waals surface area contributed by atoms with E-state index in [1.54, 1.807) is 0 Å². The molecule has 1 N–H and O–H groups in total. The van der Waals surface area contributed by atoms with Crippen LogP contribution in [0.4, 0.5) is 0 Å². The highest BCUT2D eigenvalue weighted by molar-refractivity contribution is 9.10. The summed E-state index contributed by atoms with van der Waals surface area (Å²) in [4.78, 5) is 3.77. The van der Waals surface area contributed by atoms with E-state index in [0.717, 1.165) is 87.6 Å². The van der Waals surface area contributed by atoms with Gasteiger partial charge in [-0.2, -0.15) is 0 Å². The van der Waals surface area contributed by atoms with Crippen molar-refractivity contribution >= 4 is 212 Å². The Morgan fingerprint density at radius 2 is 0.563 bits per heavy atom. The number of aromatic nitrogens is 4. The topological polar surface area (TPSA) is 56.9 Å². The van der Waals surface area contributed by atoms with Gasteiger partial charge in [0.05, 0.1) is 38.6 Å². The Hall–Kier alpha value is -13.2. The van der Waals surface area contributed by atoms with Gasteiger partial charge in [-0.1, -0.05) is 271 Å². The molecule has 18 aromatic carbocycles. The van der Waals surface area contributed by atoms with Crippen LogP contribution in [0.2, 0.25) is 0 Å². The standard InChI is InChI=1S/C48H28N2O.C30H18N2O.C18H11Br/c1-2-14-29(15-3-1)49-41-24-12-9-21-37(41)45-46-43(44-38-22-10-13-25-42(38)51-48(44)47(45)49)36-20-8-11-23-40(36)50(46)30-26-27-35-33-18-5-4-16-31(33)32-17-6-7-19-34(32)39(35)28-30;1-2-10-18(11-3-1)32-23-16-8-5-13-20(23)27-28-25(19-12-4-7-15-22(19)31-28)26-21-14-6-9-17-24(21)33-30(26)29(27)32;19-12-9-10-17-15-7-2-1-5-13(15)14-6-3-4-8-16(14)18(17)11-12/h1-28H;1-17,31H;1-11H. The van der Waals surface area contributed by atoms with Crippen molar-refractivity contribution in [2.24, 2.45) is 0 Å². The molecule has 0 saturated carbocycles. The average Bonchev–Trinajstić information content (AvgIpc) is 1.52. The van der Waals surface area contributed by atoms with Crippen LogP contribution in [-0.2, 0) is 0 Å². The van der Waals surface area contributed by atoms with Gasteiger partial charge in [0.15, 0.2) is 11.2 Å². The van der Waals surface area contributed by atoms with Gasteiger partial charge in [0.2, 0.25) is 0 Å². The number of nitrogens with one attached hydrogen (secondary N) is 1. The van der Waals surface area contributed by atoms with Crippen LogP contribution in [0.15, 0.2) is 353 Å². The van der Waals surface area contributed by atoms with Gasteiger partial charge in [0.25, 0.3) is 0 Å². The minimum Gasteiger partial charge on any atom is -0.454 e. The molecule has 480 valence electrons. The monoisotopic (exact) mass is 1380 g/mol. The van der Waals surface area contributed by atoms with Crippen LogP contribution in [0.5, 0.6) is 0 Å². The number of benzene rings is 18. The Kier molecular flexibility index (Phi) is 12.5. The first-order chi connectivity index (χ1) is 51.1. The molecule has 0 aliphatic rings. The van der Waals surface area contributed by atoms with Crippen LogP contribution in [0.3, 0.4) is 0 Å². The summed E-state index contributed by atoms with van der Waals surface area (Å²) in [7, 11) is 0. The Morgan fingerprint density at radius 3 is 1.06 bits per heavy atom. The van der Waals surface area contributed by atoms with Crippen LogP contribution in [-0.4, -0.2) is 18.7 Å². The number of nitrogens with zero attached hydrogens (tertiary/aromatic N) is 3. The van der Waals surface area contributed by atoms with Crippen molar-refractivity contribution in [2.45, 2.75) is 0 Å². The maximum absolute atomic E-state index is 6.95. The highest BCUT2D eigenvalue weighted by atomic mass is 79.9. The Balaban J connectivity index is 0.000000109. The molecule has 6 aromatic heterocycles. The Bertz CT molecular complexity index is 7630. The van der Waals surface area contributed by atoms with E-state index in [4.69, 9.17) is 8.83 Å². The third-order valence-corrected chi connectivity index (χ3v) is 22.2. The molecule has 6 nitrogen and oxygen atoms in total. The fourth-order valence-electron chi connectivity index (χ4n) is 17.5. The zero-order valence-electron chi connectivity index (χ0n) is 55.4. The third-order valence-electron chi connectivity index (χ3n) is 21.7. The van der Waals surface area contributed by atoms with Gasteiger partial charge in [0, 0.05) is 91.7 Å². The van der Waals surface area contributed by atoms with Crippen LogP contribution in [0.1, 0.15) is 0 Å². The molecule has 0 amide bonds. The summed E-state index contributed by atoms with van der Waals surface area (Å²) in [5.74, 6) is 0. The second-order valence-electron chi connectivity index (χ2n) is 27.0. The Morgan fingerprint density at radius 1 is 0.223 bits per heavy atom. The number of aromatic amines is 1. The quantitative estimate of drug-likeness (QED) is 0.179. The molecule has 0 unspecified atom stereocenters. The lowest BCUT2D eigenvalue weighted by molar-refractivity contribution is 0.671. The lowest BCUT2D eigenvalue weighted by Gasteiger charge is -2.14. The second-order valence-corrected chi connectivity index (χ2v) is 27.9. The number of hydrogen-bond acceptors (Lipinski definition) is 2. The number of H-pyrrole nitrogens is 1. The predicted molar refractivity (Wildman–Crippen MR) is 439 cm³/mol. The molecule has 6 heterocycles. The van der Waals surface area contributed by atoms with Crippen molar-refractivity contribution in [1.29, 1.82) is 0 Å². The molecular formula is C96H57BrN4O2. The van der Waals surface area contributed by atoms with Crippen LogP contribution in [0.25, 0.3) is 213 Å². The lowest BCUT2D eigenvalue weighted by Crippen LogP contribution is -1.96. The summed E-state index contributed by atoms with van der Waals surface area (Å²) in [6.07, 6.45) is 0. The fraction of sp³-hybridized carbons (Fsp3) is 0. The first kappa shape index (κ1) is 57.7. The van der Waals surface area contributed by atoms with Gasteiger partial charge < -0.3 is 27.5 Å². The third kappa shape index (κ3) is 8.37. The van der Waals surface area contributed by atoms with Crippen molar-refractivity contribution in [2.75, 3.05) is 0 Å². The highest BCUT2D eigenvalue weighted by Crippen LogP contribution is 2.52. The van der Waals surface area contributed by atoms with Gasteiger partial charge >= 0.3 is 0 Å². The number of rotatable bonds is 3.